The Labute approximate surface area is 125 Å². The molecule has 20 heavy (non-hydrogen) atoms. The molecule has 2 nitrogen and oxygen atoms in total. The molecule has 1 saturated carbocycles. The van der Waals surface area contributed by atoms with Gasteiger partial charge in [-0.3, -0.25) is 0 Å². The zero-order chi connectivity index (χ0) is 14.1. The molecule has 0 spiro atoms. The van der Waals surface area contributed by atoms with E-state index in [0.717, 1.165) is 10.7 Å². The van der Waals surface area contributed by atoms with Crippen molar-refractivity contribution in [2.24, 2.45) is 0 Å². The van der Waals surface area contributed by atoms with Crippen molar-refractivity contribution in [2.75, 3.05) is 5.73 Å². The van der Waals surface area contributed by atoms with Crippen molar-refractivity contribution in [3.63, 3.8) is 0 Å². The summed E-state index contributed by atoms with van der Waals surface area (Å²) in [6.07, 6.45) is 6.60. The van der Waals surface area contributed by atoms with Crippen molar-refractivity contribution in [3.05, 3.63) is 34.3 Å². The summed E-state index contributed by atoms with van der Waals surface area (Å²) in [5.41, 5.74) is 11.0. The molecule has 1 fully saturated rings. The second-order valence-electron chi connectivity index (χ2n) is 5.92. The van der Waals surface area contributed by atoms with Crippen molar-refractivity contribution < 1.29 is 0 Å². The molecule has 1 heterocycles. The van der Waals surface area contributed by atoms with Crippen LogP contribution in [0.25, 0.3) is 11.3 Å². The van der Waals surface area contributed by atoms with Crippen LogP contribution in [-0.4, -0.2) is 4.98 Å². The second-order valence-corrected chi connectivity index (χ2v) is 6.98. The molecule has 0 unspecified atom stereocenters. The summed E-state index contributed by atoms with van der Waals surface area (Å²) in [5, 5.41) is 2.12. The molecule has 0 radical (unpaired) electrons. The number of rotatable bonds is 2. The largest absolute Gasteiger partial charge is 0.389 e. The van der Waals surface area contributed by atoms with Gasteiger partial charge in [0.25, 0.3) is 0 Å². The Bertz CT molecular complexity index is 609. The highest BCUT2D eigenvalue weighted by atomic mass is 32.1. The molecule has 0 atom stereocenters. The van der Waals surface area contributed by atoms with E-state index >= 15 is 0 Å². The molecule has 1 aliphatic rings. The smallest absolute Gasteiger partial charge is 0.114 e. The lowest BCUT2D eigenvalue weighted by Gasteiger charge is -2.18. The van der Waals surface area contributed by atoms with Gasteiger partial charge in [0.05, 0.1) is 5.01 Å². The van der Waals surface area contributed by atoms with Crippen molar-refractivity contribution in [1.29, 1.82) is 0 Å². The van der Waals surface area contributed by atoms with Gasteiger partial charge in [-0.05, 0) is 32.3 Å². The summed E-state index contributed by atoms with van der Waals surface area (Å²) >= 11 is 1.70. The molecule has 1 aromatic heterocycles. The van der Waals surface area contributed by atoms with Gasteiger partial charge in [-0.25, -0.2) is 4.98 Å². The van der Waals surface area contributed by atoms with Crippen molar-refractivity contribution in [3.8, 4) is 11.3 Å². The average molecular weight is 286 g/mol. The predicted molar refractivity (Wildman–Crippen MR) is 87.3 cm³/mol. The third-order valence-electron chi connectivity index (χ3n) is 4.26. The lowest BCUT2D eigenvalue weighted by Crippen LogP contribution is -2.03. The Hall–Kier alpha value is -1.35. The number of anilines is 1. The van der Waals surface area contributed by atoms with E-state index in [0.29, 0.717) is 5.92 Å². The molecule has 2 aromatic rings. The fraction of sp³-hybridized carbons (Fsp3) is 0.471. The van der Waals surface area contributed by atoms with Crippen molar-refractivity contribution in [1.82, 2.24) is 4.98 Å². The van der Waals surface area contributed by atoms with E-state index in [1.807, 2.05) is 0 Å². The van der Waals surface area contributed by atoms with E-state index in [-0.39, 0.29) is 0 Å². The maximum Gasteiger partial charge on any atom is 0.114 e. The van der Waals surface area contributed by atoms with Gasteiger partial charge >= 0.3 is 0 Å². The fourth-order valence-electron chi connectivity index (χ4n) is 3.15. The molecule has 1 aliphatic carbocycles. The van der Waals surface area contributed by atoms with Gasteiger partial charge in [-0.1, -0.05) is 43.0 Å². The monoisotopic (exact) mass is 286 g/mol. The van der Waals surface area contributed by atoms with E-state index in [1.165, 1.54) is 53.8 Å². The lowest BCUT2D eigenvalue weighted by atomic mass is 9.90. The quantitative estimate of drug-likeness (QED) is 0.838. The SMILES string of the molecule is Cc1ccc(-c2nc(C3CCCCC3)sc2N)c(C)c1. The third kappa shape index (κ3) is 2.59. The second kappa shape index (κ2) is 5.57. The van der Waals surface area contributed by atoms with E-state index in [4.69, 9.17) is 10.7 Å². The molecular formula is C17H22N2S. The Kier molecular flexibility index (Phi) is 3.79. The molecule has 0 saturated heterocycles. The lowest BCUT2D eigenvalue weighted by molar-refractivity contribution is 0.442. The van der Waals surface area contributed by atoms with Crippen LogP contribution in [-0.2, 0) is 0 Å². The Morgan fingerprint density at radius 1 is 1.15 bits per heavy atom. The van der Waals surface area contributed by atoms with Gasteiger partial charge < -0.3 is 5.73 Å². The Morgan fingerprint density at radius 3 is 2.60 bits per heavy atom. The van der Waals surface area contributed by atoms with Crippen LogP contribution < -0.4 is 5.73 Å². The number of aryl methyl sites for hydroxylation is 2. The van der Waals surface area contributed by atoms with E-state index in [2.05, 4.69) is 32.0 Å². The highest BCUT2D eigenvalue weighted by Gasteiger charge is 2.21. The Morgan fingerprint density at radius 2 is 1.90 bits per heavy atom. The molecule has 106 valence electrons. The van der Waals surface area contributed by atoms with Gasteiger partial charge in [-0.15, -0.1) is 11.3 Å². The first-order chi connectivity index (χ1) is 9.65. The Balaban J connectivity index is 1.95. The number of nitrogens with zero attached hydrogens (tertiary/aromatic N) is 1. The van der Waals surface area contributed by atoms with Crippen LogP contribution in [0.5, 0.6) is 0 Å². The van der Waals surface area contributed by atoms with E-state index < -0.39 is 0 Å². The topological polar surface area (TPSA) is 38.9 Å². The van der Waals surface area contributed by atoms with Gasteiger partial charge in [0.15, 0.2) is 0 Å². The highest BCUT2D eigenvalue weighted by molar-refractivity contribution is 7.16. The first kappa shape index (κ1) is 13.6. The summed E-state index contributed by atoms with van der Waals surface area (Å²) in [5.74, 6) is 0.635. The van der Waals surface area contributed by atoms with Gasteiger partial charge in [0.2, 0.25) is 0 Å². The molecule has 2 N–H and O–H groups in total. The van der Waals surface area contributed by atoms with Crippen LogP contribution in [0, 0.1) is 13.8 Å². The zero-order valence-electron chi connectivity index (χ0n) is 12.3. The first-order valence-corrected chi connectivity index (χ1v) is 8.30. The average Bonchev–Trinajstić information content (AvgIpc) is 2.82. The molecule has 0 aliphatic heterocycles. The van der Waals surface area contributed by atoms with E-state index in [9.17, 15) is 0 Å². The minimum Gasteiger partial charge on any atom is -0.389 e. The summed E-state index contributed by atoms with van der Waals surface area (Å²) in [4.78, 5) is 4.89. The standard InChI is InChI=1S/C17H22N2S/c1-11-8-9-14(12(2)10-11)15-16(18)20-17(19-15)13-6-4-3-5-7-13/h8-10,13H,3-7,18H2,1-2H3. The van der Waals surface area contributed by atoms with Crippen molar-refractivity contribution in [2.45, 2.75) is 51.9 Å². The molecule has 3 rings (SSSR count). The van der Waals surface area contributed by atoms with Crippen LogP contribution in [0.3, 0.4) is 0 Å². The maximum absolute atomic E-state index is 6.24. The summed E-state index contributed by atoms with van der Waals surface area (Å²) in [6.45, 7) is 4.26. The fourth-order valence-corrected chi connectivity index (χ4v) is 4.16. The third-order valence-corrected chi connectivity index (χ3v) is 5.31. The minimum atomic E-state index is 0.635. The first-order valence-electron chi connectivity index (χ1n) is 7.49. The number of thiazole rings is 1. The van der Waals surface area contributed by atoms with Crippen LogP contribution in [0.1, 0.15) is 54.2 Å². The van der Waals surface area contributed by atoms with E-state index in [1.54, 1.807) is 11.3 Å². The number of hydrogen-bond acceptors (Lipinski definition) is 3. The predicted octanol–water partition coefficient (Wildman–Crippen LogP) is 5.06. The van der Waals surface area contributed by atoms with Crippen molar-refractivity contribution >= 4 is 16.3 Å². The van der Waals surface area contributed by atoms with Crippen LogP contribution >= 0.6 is 11.3 Å². The summed E-state index contributed by atoms with van der Waals surface area (Å²) in [7, 11) is 0. The number of benzene rings is 1. The van der Waals surface area contributed by atoms with Gasteiger partial charge in [-0.2, -0.15) is 0 Å². The zero-order valence-corrected chi connectivity index (χ0v) is 13.1. The van der Waals surface area contributed by atoms with Crippen LogP contribution in [0.2, 0.25) is 0 Å². The molecule has 0 amide bonds. The number of hydrogen-bond donors (Lipinski definition) is 1. The molecule has 3 heteroatoms. The highest BCUT2D eigenvalue weighted by Crippen LogP contribution is 2.40. The maximum atomic E-state index is 6.24. The number of aromatic nitrogens is 1. The summed E-state index contributed by atoms with van der Waals surface area (Å²) < 4.78 is 0. The minimum absolute atomic E-state index is 0.635. The van der Waals surface area contributed by atoms with Gasteiger partial charge in [0.1, 0.15) is 10.7 Å². The normalized spacial score (nSPS) is 16.5. The summed E-state index contributed by atoms with van der Waals surface area (Å²) in [6, 6.07) is 6.50. The molecule has 0 bridgehead atoms. The number of nitrogens with two attached hydrogens (primary N) is 1. The van der Waals surface area contributed by atoms with Crippen LogP contribution in [0.15, 0.2) is 18.2 Å². The van der Waals surface area contributed by atoms with Crippen LogP contribution in [0.4, 0.5) is 5.00 Å². The molecular weight excluding hydrogens is 264 g/mol. The number of nitrogen functional groups attached to an aromatic ring is 1. The van der Waals surface area contributed by atoms with Gasteiger partial charge in [0, 0.05) is 11.5 Å². The molecule has 1 aromatic carbocycles.